The molecular weight excluding hydrogens is 438 g/mol. The van der Waals surface area contributed by atoms with Crippen molar-refractivity contribution in [2.24, 2.45) is 5.16 Å². The van der Waals surface area contributed by atoms with E-state index in [1.807, 2.05) is 18.2 Å². The molecule has 3 aromatic carbocycles. The molecule has 1 aliphatic heterocycles. The van der Waals surface area contributed by atoms with Crippen LogP contribution in [0.15, 0.2) is 65.8 Å². The van der Waals surface area contributed by atoms with Crippen molar-refractivity contribution >= 4 is 23.1 Å². The number of amides is 1. The molecule has 0 aliphatic carbocycles. The molecule has 3 aromatic rings. The minimum absolute atomic E-state index is 0.186. The standard InChI is InChI=1S/C27H24F2N2O3/c1-15(2)19-13-10-17(24-25(32)27(3,4)34-31-24)14-20(19)16-8-11-18(12-9-16)30-26(33)23-21(28)6-5-7-22(23)29/h5-15H,1-4H3,(H,30,33). The van der Waals surface area contributed by atoms with Crippen LogP contribution in [0.5, 0.6) is 0 Å². The van der Waals surface area contributed by atoms with Gasteiger partial charge in [0.2, 0.25) is 5.78 Å². The van der Waals surface area contributed by atoms with E-state index >= 15 is 0 Å². The van der Waals surface area contributed by atoms with Gasteiger partial charge in [-0.05, 0) is 66.8 Å². The Bertz CT molecular complexity index is 1290. The van der Waals surface area contributed by atoms with Gasteiger partial charge in [0, 0.05) is 11.3 Å². The number of ketones is 1. The smallest absolute Gasteiger partial charge is 0.261 e. The zero-order chi connectivity index (χ0) is 24.6. The summed E-state index contributed by atoms with van der Waals surface area (Å²) in [7, 11) is 0. The first-order valence-corrected chi connectivity index (χ1v) is 10.9. The number of carbonyl (C=O) groups excluding carboxylic acids is 2. The molecular formula is C27H24F2N2O3. The maximum absolute atomic E-state index is 13.9. The van der Waals surface area contributed by atoms with Crippen LogP contribution in [0.25, 0.3) is 11.1 Å². The zero-order valence-corrected chi connectivity index (χ0v) is 19.3. The number of halogens is 2. The molecule has 4 rings (SSSR count). The Morgan fingerprint density at radius 2 is 1.59 bits per heavy atom. The number of hydrogen-bond acceptors (Lipinski definition) is 4. The van der Waals surface area contributed by atoms with E-state index < -0.39 is 28.7 Å². The van der Waals surface area contributed by atoms with Crippen molar-refractivity contribution in [3.8, 4) is 11.1 Å². The zero-order valence-electron chi connectivity index (χ0n) is 19.3. The van der Waals surface area contributed by atoms with Gasteiger partial charge in [-0.25, -0.2) is 8.78 Å². The van der Waals surface area contributed by atoms with Crippen LogP contribution in [0.4, 0.5) is 14.5 Å². The minimum Gasteiger partial charge on any atom is -0.381 e. The lowest BCUT2D eigenvalue weighted by Crippen LogP contribution is -2.33. The van der Waals surface area contributed by atoms with Crippen LogP contribution < -0.4 is 5.32 Å². The van der Waals surface area contributed by atoms with Gasteiger partial charge in [0.1, 0.15) is 17.2 Å². The molecule has 0 saturated carbocycles. The molecule has 0 radical (unpaired) electrons. The Hall–Kier alpha value is -3.87. The number of benzene rings is 3. The summed E-state index contributed by atoms with van der Waals surface area (Å²) in [5.74, 6) is -2.70. The fourth-order valence-electron chi connectivity index (χ4n) is 3.81. The number of carbonyl (C=O) groups is 2. The third-order valence-corrected chi connectivity index (χ3v) is 5.72. The molecule has 174 valence electrons. The molecule has 1 amide bonds. The monoisotopic (exact) mass is 462 g/mol. The SMILES string of the molecule is CC(C)c1ccc(C2=NOC(C)(C)C2=O)cc1-c1ccc(NC(=O)c2c(F)cccc2F)cc1. The molecule has 7 heteroatoms. The highest BCUT2D eigenvalue weighted by atomic mass is 19.1. The molecule has 1 heterocycles. The Balaban J connectivity index is 1.64. The van der Waals surface area contributed by atoms with Crippen molar-refractivity contribution < 1.29 is 23.2 Å². The number of nitrogens with one attached hydrogen (secondary N) is 1. The van der Waals surface area contributed by atoms with E-state index in [9.17, 15) is 18.4 Å². The first-order chi connectivity index (χ1) is 16.1. The number of oxime groups is 1. The van der Waals surface area contributed by atoms with Gasteiger partial charge in [0.25, 0.3) is 5.91 Å². The molecule has 0 unspecified atom stereocenters. The van der Waals surface area contributed by atoms with Gasteiger partial charge in [-0.3, -0.25) is 9.59 Å². The van der Waals surface area contributed by atoms with Crippen molar-refractivity contribution in [3.05, 3.63) is 89.0 Å². The van der Waals surface area contributed by atoms with Crippen molar-refractivity contribution in [2.75, 3.05) is 5.32 Å². The highest BCUT2D eigenvalue weighted by Crippen LogP contribution is 2.33. The predicted molar refractivity (Wildman–Crippen MR) is 127 cm³/mol. The molecule has 1 aliphatic rings. The van der Waals surface area contributed by atoms with E-state index in [-0.39, 0.29) is 17.4 Å². The van der Waals surface area contributed by atoms with Crippen LogP contribution in [0.3, 0.4) is 0 Å². The molecule has 5 nitrogen and oxygen atoms in total. The van der Waals surface area contributed by atoms with E-state index in [2.05, 4.69) is 24.3 Å². The average molecular weight is 462 g/mol. The summed E-state index contributed by atoms with van der Waals surface area (Å²) in [6.45, 7) is 7.49. The molecule has 0 saturated heterocycles. The quantitative estimate of drug-likeness (QED) is 0.499. The second-order valence-electron chi connectivity index (χ2n) is 8.96. The van der Waals surface area contributed by atoms with Crippen molar-refractivity contribution in [3.63, 3.8) is 0 Å². The van der Waals surface area contributed by atoms with Gasteiger partial charge in [0.05, 0.1) is 0 Å². The third-order valence-electron chi connectivity index (χ3n) is 5.72. The molecule has 0 spiro atoms. The Morgan fingerprint density at radius 1 is 0.971 bits per heavy atom. The van der Waals surface area contributed by atoms with E-state index in [1.54, 1.807) is 38.1 Å². The van der Waals surface area contributed by atoms with Crippen LogP contribution in [0.1, 0.15) is 55.1 Å². The first-order valence-electron chi connectivity index (χ1n) is 10.9. The number of anilines is 1. The van der Waals surface area contributed by atoms with Crippen molar-refractivity contribution in [1.82, 2.24) is 0 Å². The highest BCUT2D eigenvalue weighted by molar-refractivity contribution is 6.49. The summed E-state index contributed by atoms with van der Waals surface area (Å²) in [4.78, 5) is 30.3. The normalized spacial score (nSPS) is 14.7. The van der Waals surface area contributed by atoms with Crippen LogP contribution in [0.2, 0.25) is 0 Å². The lowest BCUT2D eigenvalue weighted by atomic mass is 9.88. The highest BCUT2D eigenvalue weighted by Gasteiger charge is 2.40. The topological polar surface area (TPSA) is 67.8 Å². The molecule has 1 N–H and O–H groups in total. The van der Waals surface area contributed by atoms with Gasteiger partial charge >= 0.3 is 0 Å². The summed E-state index contributed by atoms with van der Waals surface area (Å²) in [6.07, 6.45) is 0. The lowest BCUT2D eigenvalue weighted by Gasteiger charge is -2.16. The van der Waals surface area contributed by atoms with E-state index in [1.165, 1.54) is 6.07 Å². The molecule has 0 atom stereocenters. The Labute approximate surface area is 196 Å². The molecule has 0 aromatic heterocycles. The summed E-state index contributed by atoms with van der Waals surface area (Å²) in [6, 6.07) is 15.9. The summed E-state index contributed by atoms with van der Waals surface area (Å²) < 4.78 is 27.8. The summed E-state index contributed by atoms with van der Waals surface area (Å²) in [5, 5.41) is 6.52. The van der Waals surface area contributed by atoms with Crippen LogP contribution in [-0.2, 0) is 9.63 Å². The molecule has 0 fully saturated rings. The van der Waals surface area contributed by atoms with Crippen molar-refractivity contribution in [2.45, 2.75) is 39.2 Å². The largest absolute Gasteiger partial charge is 0.381 e. The first kappa shape index (κ1) is 23.3. The molecule has 34 heavy (non-hydrogen) atoms. The van der Waals surface area contributed by atoms with Gasteiger partial charge in [0.15, 0.2) is 11.3 Å². The number of hydrogen-bond donors (Lipinski definition) is 1. The van der Waals surface area contributed by atoms with E-state index in [4.69, 9.17) is 4.84 Å². The van der Waals surface area contributed by atoms with Crippen LogP contribution in [-0.4, -0.2) is 23.0 Å². The molecule has 0 bridgehead atoms. The fraction of sp³-hybridized carbons (Fsp3) is 0.222. The lowest BCUT2D eigenvalue weighted by molar-refractivity contribution is -0.128. The van der Waals surface area contributed by atoms with Gasteiger partial charge in [-0.15, -0.1) is 0 Å². The number of nitrogens with zero attached hydrogens (tertiary/aromatic N) is 1. The van der Waals surface area contributed by atoms with Gasteiger partial charge in [-0.1, -0.05) is 49.3 Å². The number of Topliss-reactive ketones (excluding diaryl/α,β-unsaturated/α-hetero) is 1. The van der Waals surface area contributed by atoms with Crippen LogP contribution in [0, 0.1) is 11.6 Å². The van der Waals surface area contributed by atoms with Crippen molar-refractivity contribution in [1.29, 1.82) is 0 Å². The maximum atomic E-state index is 13.9. The summed E-state index contributed by atoms with van der Waals surface area (Å²) >= 11 is 0. The predicted octanol–water partition coefficient (Wildman–Crippen LogP) is 6.09. The van der Waals surface area contributed by atoms with Gasteiger partial charge in [-0.2, -0.15) is 0 Å². The minimum atomic E-state index is -0.996. The van der Waals surface area contributed by atoms with Crippen LogP contribution >= 0.6 is 0 Å². The number of rotatable bonds is 5. The van der Waals surface area contributed by atoms with E-state index in [0.29, 0.717) is 11.3 Å². The van der Waals surface area contributed by atoms with Gasteiger partial charge < -0.3 is 10.2 Å². The fourth-order valence-corrected chi connectivity index (χ4v) is 3.81. The Kier molecular flexibility index (Phi) is 6.04. The third kappa shape index (κ3) is 4.33. The Morgan fingerprint density at radius 3 is 2.15 bits per heavy atom. The average Bonchev–Trinajstić information content (AvgIpc) is 3.06. The van der Waals surface area contributed by atoms with E-state index in [0.717, 1.165) is 28.8 Å². The second kappa shape index (κ2) is 8.82. The second-order valence-corrected chi connectivity index (χ2v) is 8.96. The maximum Gasteiger partial charge on any atom is 0.261 e. The summed E-state index contributed by atoms with van der Waals surface area (Å²) in [5.41, 5.74) is 2.53.